The van der Waals surface area contributed by atoms with Crippen LogP contribution < -0.4 is 56.8 Å². The molecule has 0 spiro atoms. The molecule has 0 atom stereocenters. The molecule has 0 aromatic carbocycles. The summed E-state index contributed by atoms with van der Waals surface area (Å²) in [5, 5.41) is 3.34. The number of alkyl halides is 1. The summed E-state index contributed by atoms with van der Waals surface area (Å²) in [5.74, 6) is 0. The van der Waals surface area contributed by atoms with Crippen LogP contribution in [0.5, 0.6) is 0 Å². The van der Waals surface area contributed by atoms with E-state index in [0.717, 1.165) is 10.9 Å². The SMILES string of the molecule is FCCn1cc([B-](F)(F)F)cn1.[K+]. The van der Waals surface area contributed by atoms with E-state index in [1.807, 2.05) is 0 Å². The van der Waals surface area contributed by atoms with E-state index in [0.29, 0.717) is 6.20 Å². The van der Waals surface area contributed by atoms with E-state index in [4.69, 9.17) is 0 Å². The molecule has 0 amide bonds. The van der Waals surface area contributed by atoms with Gasteiger partial charge in [0.25, 0.3) is 0 Å². The summed E-state index contributed by atoms with van der Waals surface area (Å²) in [7, 11) is 0. The number of hydrogen-bond acceptors (Lipinski definition) is 1. The largest absolute Gasteiger partial charge is 1.00 e. The first-order chi connectivity index (χ1) is 5.54. The molecule has 0 aliphatic rings. The van der Waals surface area contributed by atoms with E-state index >= 15 is 0 Å². The van der Waals surface area contributed by atoms with Gasteiger partial charge < -0.3 is 12.9 Å². The van der Waals surface area contributed by atoms with Gasteiger partial charge >= 0.3 is 58.4 Å². The average Bonchev–Trinajstić information content (AvgIpc) is 2.35. The summed E-state index contributed by atoms with van der Waals surface area (Å²) >= 11 is 0. The second-order valence-corrected chi connectivity index (χ2v) is 2.30. The van der Waals surface area contributed by atoms with Crippen LogP contribution in [-0.4, -0.2) is 23.4 Å². The van der Waals surface area contributed by atoms with Crippen LogP contribution in [-0.2, 0) is 6.54 Å². The van der Waals surface area contributed by atoms with E-state index in [1.165, 1.54) is 0 Å². The summed E-state index contributed by atoms with van der Waals surface area (Å²) in [6.45, 7) is -5.85. The third-order valence-electron chi connectivity index (χ3n) is 1.34. The normalized spacial score (nSPS) is 11.1. The van der Waals surface area contributed by atoms with E-state index < -0.39 is 19.1 Å². The monoisotopic (exact) mass is 220 g/mol. The van der Waals surface area contributed by atoms with Gasteiger partial charge in [-0.25, -0.2) is 4.39 Å². The molecule has 0 radical (unpaired) electrons. The number of aromatic nitrogens is 2. The van der Waals surface area contributed by atoms with Crippen LogP contribution >= 0.6 is 0 Å². The summed E-state index contributed by atoms with van der Waals surface area (Å²) in [6.07, 6.45) is 1.51. The van der Waals surface area contributed by atoms with E-state index in [1.54, 1.807) is 0 Å². The Balaban J connectivity index is 0.00000144. The predicted molar refractivity (Wildman–Crippen MR) is 36.9 cm³/mol. The van der Waals surface area contributed by atoms with Gasteiger partial charge in [-0.2, -0.15) is 5.10 Å². The van der Waals surface area contributed by atoms with Crippen LogP contribution in [0.15, 0.2) is 12.4 Å². The molecule has 13 heavy (non-hydrogen) atoms. The molecule has 0 fully saturated rings. The topological polar surface area (TPSA) is 17.8 Å². The zero-order chi connectivity index (χ0) is 9.19. The van der Waals surface area contributed by atoms with Crippen molar-refractivity contribution in [3.8, 4) is 0 Å². The molecule has 1 heterocycles. The Morgan fingerprint density at radius 3 is 2.38 bits per heavy atom. The molecule has 0 bridgehead atoms. The molecule has 1 aromatic rings. The minimum Gasteiger partial charge on any atom is -0.445 e. The van der Waals surface area contributed by atoms with E-state index in [9.17, 15) is 17.3 Å². The molecule has 0 saturated carbocycles. The fourth-order valence-corrected chi connectivity index (χ4v) is 0.757. The van der Waals surface area contributed by atoms with E-state index in [2.05, 4.69) is 5.10 Å². The molecule has 0 aliphatic heterocycles. The van der Waals surface area contributed by atoms with Crippen molar-refractivity contribution in [1.29, 1.82) is 0 Å². The van der Waals surface area contributed by atoms with Gasteiger partial charge in [0.15, 0.2) is 0 Å². The quantitative estimate of drug-likeness (QED) is 0.422. The number of rotatable bonds is 3. The third kappa shape index (κ3) is 4.11. The average molecular weight is 220 g/mol. The molecule has 0 saturated heterocycles. The van der Waals surface area contributed by atoms with E-state index in [-0.39, 0.29) is 57.9 Å². The van der Waals surface area contributed by atoms with Crippen molar-refractivity contribution in [1.82, 2.24) is 9.78 Å². The molecule has 0 aliphatic carbocycles. The minimum absolute atomic E-state index is 0. The summed E-state index contributed by atoms with van der Waals surface area (Å²) in [5.41, 5.74) is -0.788. The first-order valence-electron chi connectivity index (χ1n) is 3.32. The number of halogens is 4. The van der Waals surface area contributed by atoms with Gasteiger partial charge in [-0.1, -0.05) is 5.46 Å². The van der Waals surface area contributed by atoms with Crippen LogP contribution in [0.2, 0.25) is 0 Å². The zero-order valence-electron chi connectivity index (χ0n) is 7.05. The number of aryl methyl sites for hydroxylation is 1. The molecule has 68 valence electrons. The fourth-order valence-electron chi connectivity index (χ4n) is 0.757. The summed E-state index contributed by atoms with van der Waals surface area (Å²) < 4.78 is 48.5. The van der Waals surface area contributed by atoms with Gasteiger partial charge in [-0.3, -0.25) is 4.68 Å². The maximum atomic E-state index is 12.0. The van der Waals surface area contributed by atoms with Gasteiger partial charge in [0.2, 0.25) is 0 Å². The standard InChI is InChI=1S/C5H6BF4N2.K/c7-1-2-12-4-5(3-11-12)6(8,9)10;/h3-4H,1-2H2;/q-1;+1. The molecule has 0 unspecified atom stereocenters. The first kappa shape index (κ1) is 13.6. The fraction of sp³-hybridized carbons (Fsp3) is 0.400. The first-order valence-corrected chi connectivity index (χ1v) is 3.32. The van der Waals surface area contributed by atoms with Crippen molar-refractivity contribution in [2.75, 3.05) is 6.67 Å². The van der Waals surface area contributed by atoms with Gasteiger partial charge in [0.05, 0.1) is 6.54 Å². The van der Waals surface area contributed by atoms with Crippen molar-refractivity contribution in [2.24, 2.45) is 0 Å². The van der Waals surface area contributed by atoms with Crippen molar-refractivity contribution < 1.29 is 68.7 Å². The van der Waals surface area contributed by atoms with Gasteiger partial charge in [0, 0.05) is 6.20 Å². The molecule has 2 nitrogen and oxygen atoms in total. The Kier molecular flexibility index (Phi) is 5.76. The summed E-state index contributed by atoms with van der Waals surface area (Å²) in [4.78, 5) is 0. The van der Waals surface area contributed by atoms with Gasteiger partial charge in [-0.15, -0.1) is 0 Å². The second-order valence-electron chi connectivity index (χ2n) is 2.30. The van der Waals surface area contributed by atoms with Crippen molar-refractivity contribution in [3.05, 3.63) is 12.4 Å². The Morgan fingerprint density at radius 2 is 2.00 bits per heavy atom. The van der Waals surface area contributed by atoms with Crippen LogP contribution in [0.1, 0.15) is 0 Å². The molecular weight excluding hydrogens is 214 g/mol. The van der Waals surface area contributed by atoms with Crippen molar-refractivity contribution >= 4 is 12.4 Å². The second kappa shape index (κ2) is 5.50. The predicted octanol–water partition coefficient (Wildman–Crippen LogP) is -2.09. The molecule has 1 aromatic heterocycles. The van der Waals surface area contributed by atoms with Crippen molar-refractivity contribution in [2.45, 2.75) is 6.54 Å². The molecule has 0 N–H and O–H groups in total. The Morgan fingerprint density at radius 1 is 1.38 bits per heavy atom. The zero-order valence-corrected chi connectivity index (χ0v) is 10.2. The van der Waals surface area contributed by atoms with Crippen LogP contribution in [0, 0.1) is 0 Å². The number of nitrogens with zero attached hydrogens (tertiary/aromatic N) is 2. The maximum absolute atomic E-state index is 12.0. The van der Waals surface area contributed by atoms with Gasteiger partial charge in [0.1, 0.15) is 6.67 Å². The van der Waals surface area contributed by atoms with Crippen LogP contribution in [0.4, 0.5) is 17.3 Å². The third-order valence-corrected chi connectivity index (χ3v) is 1.34. The maximum Gasteiger partial charge on any atom is 1.00 e. The molecule has 8 heteroatoms. The Bertz CT molecular complexity index is 261. The smallest absolute Gasteiger partial charge is 0.445 e. The summed E-state index contributed by atoms with van der Waals surface area (Å²) in [6, 6.07) is 0. The number of hydrogen-bond donors (Lipinski definition) is 0. The Labute approximate surface area is 115 Å². The minimum atomic E-state index is -5.00. The molecule has 1 rings (SSSR count). The van der Waals surface area contributed by atoms with Gasteiger partial charge in [-0.05, 0) is 6.20 Å². The van der Waals surface area contributed by atoms with Crippen LogP contribution in [0.3, 0.4) is 0 Å². The van der Waals surface area contributed by atoms with Crippen LogP contribution in [0.25, 0.3) is 0 Å². The molecular formula is C5H6BF4KN2. The Hall–Kier alpha value is 0.631. The van der Waals surface area contributed by atoms with Crippen molar-refractivity contribution in [3.63, 3.8) is 0 Å².